The van der Waals surface area contributed by atoms with Crippen LogP contribution in [0.4, 0.5) is 5.88 Å². The van der Waals surface area contributed by atoms with Crippen molar-refractivity contribution in [2.45, 2.75) is 25.9 Å². The number of fused-ring (bicyclic) bond motifs is 5. The van der Waals surface area contributed by atoms with Gasteiger partial charge in [-0.3, -0.25) is 0 Å². The summed E-state index contributed by atoms with van der Waals surface area (Å²) < 4.78 is 11.7. The fourth-order valence-electron chi connectivity index (χ4n) is 2.92. The van der Waals surface area contributed by atoms with E-state index in [1.807, 2.05) is 12.1 Å². The first-order valence-electron chi connectivity index (χ1n) is 6.66. The van der Waals surface area contributed by atoms with E-state index in [0.29, 0.717) is 12.0 Å². The second kappa shape index (κ2) is 3.67. The van der Waals surface area contributed by atoms with Gasteiger partial charge in [-0.25, -0.2) is 0 Å². The van der Waals surface area contributed by atoms with Crippen molar-refractivity contribution in [3.05, 3.63) is 35.9 Å². The molecule has 1 unspecified atom stereocenters. The number of rotatable bonds is 1. The van der Waals surface area contributed by atoms with Crippen molar-refractivity contribution in [3.63, 3.8) is 0 Å². The standard InChI is InChI=1S/C16H15NO2/c1-2-11-7-9-3-5-13-12(15(9)18-11)6-4-10-8-14(17)19-16(10)13/h3-6,8,11H,2,7,17H2,1H3. The monoisotopic (exact) mass is 253 g/mol. The third-order valence-corrected chi connectivity index (χ3v) is 3.92. The highest BCUT2D eigenvalue weighted by Gasteiger charge is 2.24. The summed E-state index contributed by atoms with van der Waals surface area (Å²) in [7, 11) is 0. The van der Waals surface area contributed by atoms with Crippen molar-refractivity contribution in [1.29, 1.82) is 0 Å². The van der Waals surface area contributed by atoms with Crippen molar-refractivity contribution >= 4 is 27.6 Å². The highest BCUT2D eigenvalue weighted by molar-refractivity contribution is 6.07. The quantitative estimate of drug-likeness (QED) is 0.716. The summed E-state index contributed by atoms with van der Waals surface area (Å²) in [6, 6.07) is 10.3. The molecule has 1 atom stereocenters. The number of hydrogen-bond acceptors (Lipinski definition) is 3. The second-order valence-electron chi connectivity index (χ2n) is 5.13. The van der Waals surface area contributed by atoms with Gasteiger partial charge in [0.15, 0.2) is 5.88 Å². The molecule has 3 aromatic rings. The highest BCUT2D eigenvalue weighted by atomic mass is 16.5. The Morgan fingerprint density at radius 1 is 1.21 bits per heavy atom. The molecule has 1 aromatic heterocycles. The Morgan fingerprint density at radius 3 is 2.89 bits per heavy atom. The lowest BCUT2D eigenvalue weighted by Crippen LogP contribution is -2.10. The molecule has 1 aliphatic heterocycles. The largest absolute Gasteiger partial charge is 0.489 e. The van der Waals surface area contributed by atoms with E-state index in [1.165, 1.54) is 5.56 Å². The van der Waals surface area contributed by atoms with Crippen LogP contribution >= 0.6 is 0 Å². The molecule has 2 aromatic carbocycles. The fourth-order valence-corrected chi connectivity index (χ4v) is 2.92. The van der Waals surface area contributed by atoms with Gasteiger partial charge in [0.25, 0.3) is 0 Å². The Hall–Kier alpha value is -2.16. The van der Waals surface area contributed by atoms with E-state index in [-0.39, 0.29) is 0 Å². The summed E-state index contributed by atoms with van der Waals surface area (Å²) in [6.45, 7) is 2.16. The van der Waals surface area contributed by atoms with Crippen LogP contribution in [0.2, 0.25) is 0 Å². The van der Waals surface area contributed by atoms with Crippen LogP contribution in [0.15, 0.2) is 34.7 Å². The Kier molecular flexibility index (Phi) is 2.07. The van der Waals surface area contributed by atoms with Gasteiger partial charge in [0.1, 0.15) is 17.4 Å². The zero-order valence-electron chi connectivity index (χ0n) is 10.8. The van der Waals surface area contributed by atoms with Gasteiger partial charge in [0.05, 0.1) is 0 Å². The smallest absolute Gasteiger partial charge is 0.191 e. The fraction of sp³-hybridized carbons (Fsp3) is 0.250. The molecule has 0 fully saturated rings. The van der Waals surface area contributed by atoms with Gasteiger partial charge in [-0.1, -0.05) is 25.1 Å². The summed E-state index contributed by atoms with van der Waals surface area (Å²) in [5.74, 6) is 1.47. The highest BCUT2D eigenvalue weighted by Crippen LogP contribution is 2.40. The summed E-state index contributed by atoms with van der Waals surface area (Å²) in [6.07, 6.45) is 2.34. The van der Waals surface area contributed by atoms with E-state index in [4.69, 9.17) is 14.9 Å². The molecule has 0 radical (unpaired) electrons. The lowest BCUT2D eigenvalue weighted by atomic mass is 10.0. The third kappa shape index (κ3) is 1.44. The van der Waals surface area contributed by atoms with Gasteiger partial charge in [-0.2, -0.15) is 0 Å². The molecule has 1 aliphatic rings. The minimum atomic E-state index is 0.304. The van der Waals surface area contributed by atoms with E-state index < -0.39 is 0 Å². The lowest BCUT2D eigenvalue weighted by molar-refractivity contribution is 0.230. The van der Waals surface area contributed by atoms with Crippen LogP contribution in [0.5, 0.6) is 5.75 Å². The molecule has 2 N–H and O–H groups in total. The van der Waals surface area contributed by atoms with Crippen LogP contribution in [0, 0.1) is 0 Å². The van der Waals surface area contributed by atoms with Crippen molar-refractivity contribution in [3.8, 4) is 5.75 Å². The molecule has 0 saturated carbocycles. The SMILES string of the molecule is CCC1Cc2ccc3c(ccc4cc(N)oc43)c2O1. The molecule has 3 nitrogen and oxygen atoms in total. The number of furan rings is 1. The molecule has 19 heavy (non-hydrogen) atoms. The van der Waals surface area contributed by atoms with Gasteiger partial charge < -0.3 is 14.9 Å². The molecule has 0 saturated heterocycles. The van der Waals surface area contributed by atoms with Crippen LogP contribution in [0.25, 0.3) is 21.7 Å². The maximum Gasteiger partial charge on any atom is 0.191 e. The molecule has 96 valence electrons. The molecule has 4 rings (SSSR count). The molecule has 0 amide bonds. The summed E-state index contributed by atoms with van der Waals surface area (Å²) in [5.41, 5.74) is 7.88. The molecule has 0 bridgehead atoms. The number of nitrogen functional groups attached to an aromatic ring is 1. The Balaban J connectivity index is 2.04. The minimum Gasteiger partial charge on any atom is -0.489 e. The van der Waals surface area contributed by atoms with Crippen LogP contribution < -0.4 is 10.5 Å². The zero-order valence-corrected chi connectivity index (χ0v) is 10.8. The Labute approximate surface area is 110 Å². The number of benzene rings is 2. The van der Waals surface area contributed by atoms with Gasteiger partial charge in [0.2, 0.25) is 0 Å². The van der Waals surface area contributed by atoms with Gasteiger partial charge in [-0.05, 0) is 18.1 Å². The van der Waals surface area contributed by atoms with Crippen molar-refractivity contribution in [2.24, 2.45) is 0 Å². The van der Waals surface area contributed by atoms with Gasteiger partial charge in [-0.15, -0.1) is 0 Å². The lowest BCUT2D eigenvalue weighted by Gasteiger charge is -2.08. The number of anilines is 1. The van der Waals surface area contributed by atoms with E-state index in [1.54, 1.807) is 0 Å². The maximum atomic E-state index is 6.05. The Bertz CT molecular complexity index is 788. The van der Waals surface area contributed by atoms with Crippen molar-refractivity contribution in [1.82, 2.24) is 0 Å². The average Bonchev–Trinajstić information content (AvgIpc) is 2.99. The normalized spacial score (nSPS) is 17.8. The predicted octanol–water partition coefficient (Wildman–Crippen LogP) is 3.88. The number of ether oxygens (including phenoxy) is 1. The first-order valence-corrected chi connectivity index (χ1v) is 6.66. The topological polar surface area (TPSA) is 48.4 Å². The summed E-state index contributed by atoms with van der Waals surface area (Å²) in [4.78, 5) is 0. The van der Waals surface area contributed by atoms with E-state index in [0.717, 1.165) is 40.3 Å². The van der Waals surface area contributed by atoms with Gasteiger partial charge >= 0.3 is 0 Å². The molecule has 2 heterocycles. The van der Waals surface area contributed by atoms with Crippen LogP contribution in [-0.2, 0) is 6.42 Å². The van der Waals surface area contributed by atoms with E-state index in [2.05, 4.69) is 25.1 Å². The maximum absolute atomic E-state index is 6.05. The summed E-state index contributed by atoms with van der Waals surface area (Å²) in [5, 5.41) is 3.23. The number of hydrogen-bond donors (Lipinski definition) is 1. The van der Waals surface area contributed by atoms with Crippen LogP contribution in [0.1, 0.15) is 18.9 Å². The molecule has 3 heteroatoms. The first kappa shape index (κ1) is 10.7. The van der Waals surface area contributed by atoms with E-state index >= 15 is 0 Å². The van der Waals surface area contributed by atoms with Gasteiger partial charge in [0, 0.05) is 28.6 Å². The molecule has 0 spiro atoms. The molecular formula is C16H15NO2. The van der Waals surface area contributed by atoms with E-state index in [9.17, 15) is 0 Å². The second-order valence-corrected chi connectivity index (χ2v) is 5.13. The first-order chi connectivity index (χ1) is 9.26. The zero-order chi connectivity index (χ0) is 13.0. The third-order valence-electron chi connectivity index (χ3n) is 3.92. The summed E-state index contributed by atoms with van der Waals surface area (Å²) >= 11 is 0. The molecular weight excluding hydrogens is 238 g/mol. The van der Waals surface area contributed by atoms with Crippen molar-refractivity contribution < 1.29 is 9.15 Å². The van der Waals surface area contributed by atoms with Crippen LogP contribution in [-0.4, -0.2) is 6.10 Å². The molecule has 0 aliphatic carbocycles. The van der Waals surface area contributed by atoms with Crippen molar-refractivity contribution in [2.75, 3.05) is 5.73 Å². The predicted molar refractivity (Wildman–Crippen MR) is 76.5 cm³/mol. The number of nitrogens with two attached hydrogens (primary N) is 1. The van der Waals surface area contributed by atoms with Crippen LogP contribution in [0.3, 0.4) is 0 Å². The minimum absolute atomic E-state index is 0.304. The Morgan fingerprint density at radius 2 is 2.05 bits per heavy atom. The average molecular weight is 253 g/mol.